The van der Waals surface area contributed by atoms with Crippen LogP contribution >= 0.6 is 15.9 Å². The zero-order valence-corrected chi connectivity index (χ0v) is 13.0. The molecule has 0 amide bonds. The average molecular weight is 343 g/mol. The summed E-state index contributed by atoms with van der Waals surface area (Å²) in [5, 5.41) is 24.1. The Balaban J connectivity index is 2.27. The molecule has 0 heterocycles. The first-order valence-electron chi connectivity index (χ1n) is 6.79. The molecule has 1 aliphatic carbocycles. The number of aliphatic hydroxyl groups excluding tert-OH is 1. The molecule has 1 aromatic rings. The van der Waals surface area contributed by atoms with E-state index in [0.29, 0.717) is 11.6 Å². The van der Waals surface area contributed by atoms with Gasteiger partial charge in [0.15, 0.2) is 0 Å². The number of halogens is 1. The summed E-state index contributed by atoms with van der Waals surface area (Å²) in [5.74, 6) is 0.647. The lowest BCUT2D eigenvalue weighted by molar-refractivity contribution is -0.384. The normalized spacial score (nSPS) is 26.2. The third-order valence-corrected chi connectivity index (χ3v) is 4.58. The van der Waals surface area contributed by atoms with E-state index in [9.17, 15) is 15.2 Å². The number of hydrogen-bond acceptors (Lipinski definition) is 4. The van der Waals surface area contributed by atoms with Gasteiger partial charge in [0.1, 0.15) is 5.69 Å². The van der Waals surface area contributed by atoms with E-state index < -0.39 is 10.5 Å². The molecule has 110 valence electrons. The molecule has 2 N–H and O–H groups in total. The van der Waals surface area contributed by atoms with Crippen LogP contribution in [0.4, 0.5) is 11.4 Å². The highest BCUT2D eigenvalue weighted by molar-refractivity contribution is 9.10. The molecule has 1 saturated carbocycles. The third-order valence-electron chi connectivity index (χ3n) is 4.09. The maximum atomic E-state index is 11.1. The van der Waals surface area contributed by atoms with Gasteiger partial charge in [0.2, 0.25) is 0 Å². The number of nitro groups is 1. The molecule has 6 heteroatoms. The Bertz CT molecular complexity index is 499. The second-order valence-corrected chi connectivity index (χ2v) is 6.58. The van der Waals surface area contributed by atoms with Gasteiger partial charge in [-0.3, -0.25) is 10.1 Å². The van der Waals surface area contributed by atoms with Crippen molar-refractivity contribution >= 4 is 27.3 Å². The van der Waals surface area contributed by atoms with Crippen LogP contribution in [0.25, 0.3) is 0 Å². The average Bonchev–Trinajstić information content (AvgIpc) is 2.41. The van der Waals surface area contributed by atoms with Crippen LogP contribution in [-0.2, 0) is 0 Å². The first-order chi connectivity index (χ1) is 9.46. The molecule has 0 bridgehead atoms. The molecule has 5 nitrogen and oxygen atoms in total. The van der Waals surface area contributed by atoms with Crippen molar-refractivity contribution in [2.24, 2.45) is 5.92 Å². The second-order valence-electron chi connectivity index (χ2n) is 5.66. The number of aliphatic hydroxyl groups is 1. The standard InChI is InChI=1S/C14H19BrN2O3/c1-10-4-6-14(9-18,7-5-10)16-12-8-11(15)2-3-13(12)17(19)20/h2-3,8,10,16,18H,4-7,9H2,1H3. The molecule has 2 rings (SSSR count). The fourth-order valence-electron chi connectivity index (χ4n) is 2.69. The summed E-state index contributed by atoms with van der Waals surface area (Å²) in [6, 6.07) is 4.83. The van der Waals surface area contributed by atoms with Gasteiger partial charge in [0, 0.05) is 10.5 Å². The van der Waals surface area contributed by atoms with Crippen LogP contribution in [0.15, 0.2) is 22.7 Å². The van der Waals surface area contributed by atoms with Crippen LogP contribution in [0.5, 0.6) is 0 Å². The Labute approximate surface area is 126 Å². The van der Waals surface area contributed by atoms with Crippen LogP contribution in [0.1, 0.15) is 32.6 Å². The van der Waals surface area contributed by atoms with Crippen molar-refractivity contribution in [2.75, 3.05) is 11.9 Å². The van der Waals surface area contributed by atoms with Crippen molar-refractivity contribution in [3.8, 4) is 0 Å². The molecule has 1 fully saturated rings. The van der Waals surface area contributed by atoms with E-state index in [1.165, 1.54) is 6.07 Å². The molecule has 0 spiro atoms. The smallest absolute Gasteiger partial charge is 0.292 e. The minimum atomic E-state index is -0.446. The molecule has 0 unspecified atom stereocenters. The molecular formula is C14H19BrN2O3. The zero-order chi connectivity index (χ0) is 14.8. The number of hydrogen-bond donors (Lipinski definition) is 2. The van der Waals surface area contributed by atoms with Crippen molar-refractivity contribution in [3.63, 3.8) is 0 Å². The molecule has 1 aliphatic rings. The van der Waals surface area contributed by atoms with Crippen LogP contribution in [-0.4, -0.2) is 22.2 Å². The number of benzene rings is 1. The number of anilines is 1. The summed E-state index contributed by atoms with van der Waals surface area (Å²) in [6.45, 7) is 2.19. The van der Waals surface area contributed by atoms with Gasteiger partial charge in [-0.25, -0.2) is 0 Å². The molecule has 0 atom stereocenters. The molecule has 0 radical (unpaired) electrons. The zero-order valence-electron chi connectivity index (χ0n) is 11.4. The summed E-state index contributed by atoms with van der Waals surface area (Å²) < 4.78 is 0.780. The molecule has 20 heavy (non-hydrogen) atoms. The van der Waals surface area contributed by atoms with E-state index in [0.717, 1.165) is 30.2 Å². The maximum Gasteiger partial charge on any atom is 0.292 e. The van der Waals surface area contributed by atoms with Crippen molar-refractivity contribution < 1.29 is 10.0 Å². The number of nitrogens with zero attached hydrogens (tertiary/aromatic N) is 1. The van der Waals surface area contributed by atoms with Crippen LogP contribution < -0.4 is 5.32 Å². The summed E-state index contributed by atoms with van der Waals surface area (Å²) in [4.78, 5) is 10.7. The Morgan fingerprint density at radius 2 is 2.15 bits per heavy atom. The molecule has 0 aliphatic heterocycles. The van der Waals surface area contributed by atoms with Gasteiger partial charge in [0.25, 0.3) is 5.69 Å². The van der Waals surface area contributed by atoms with Crippen molar-refractivity contribution in [3.05, 3.63) is 32.8 Å². The van der Waals surface area contributed by atoms with E-state index in [-0.39, 0.29) is 12.3 Å². The highest BCUT2D eigenvalue weighted by atomic mass is 79.9. The fourth-order valence-corrected chi connectivity index (χ4v) is 3.05. The predicted octanol–water partition coefficient (Wildman–Crippen LogP) is 3.71. The lowest BCUT2D eigenvalue weighted by Gasteiger charge is -2.39. The Morgan fingerprint density at radius 1 is 1.50 bits per heavy atom. The van der Waals surface area contributed by atoms with Crippen LogP contribution in [0, 0.1) is 16.0 Å². The van der Waals surface area contributed by atoms with Gasteiger partial charge >= 0.3 is 0 Å². The van der Waals surface area contributed by atoms with E-state index in [1.807, 2.05) is 0 Å². The van der Waals surface area contributed by atoms with E-state index in [1.54, 1.807) is 12.1 Å². The fraction of sp³-hybridized carbons (Fsp3) is 0.571. The van der Waals surface area contributed by atoms with Crippen LogP contribution in [0.3, 0.4) is 0 Å². The summed E-state index contributed by atoms with van der Waals surface area (Å²) >= 11 is 3.33. The monoisotopic (exact) mass is 342 g/mol. The Hall–Kier alpha value is -1.14. The second kappa shape index (κ2) is 6.10. The van der Waals surface area contributed by atoms with Gasteiger partial charge in [-0.2, -0.15) is 0 Å². The van der Waals surface area contributed by atoms with E-state index >= 15 is 0 Å². The van der Waals surface area contributed by atoms with Crippen molar-refractivity contribution in [2.45, 2.75) is 38.1 Å². The van der Waals surface area contributed by atoms with Gasteiger partial charge in [0.05, 0.1) is 17.1 Å². The Kier molecular flexibility index (Phi) is 4.65. The quantitative estimate of drug-likeness (QED) is 0.645. The van der Waals surface area contributed by atoms with Crippen molar-refractivity contribution in [1.29, 1.82) is 0 Å². The summed E-state index contributed by atoms with van der Waals surface area (Å²) in [7, 11) is 0. The predicted molar refractivity (Wildman–Crippen MR) is 81.9 cm³/mol. The Morgan fingerprint density at radius 3 is 2.70 bits per heavy atom. The number of rotatable bonds is 4. The minimum absolute atomic E-state index is 0.0105. The van der Waals surface area contributed by atoms with Crippen molar-refractivity contribution in [1.82, 2.24) is 0 Å². The lowest BCUT2D eigenvalue weighted by Crippen LogP contribution is -2.45. The lowest BCUT2D eigenvalue weighted by atomic mass is 9.77. The minimum Gasteiger partial charge on any atom is -0.394 e. The summed E-state index contributed by atoms with van der Waals surface area (Å²) in [5.41, 5.74) is 0.0607. The molecule has 1 aromatic carbocycles. The first-order valence-corrected chi connectivity index (χ1v) is 7.58. The largest absolute Gasteiger partial charge is 0.394 e. The summed E-state index contributed by atoms with van der Waals surface area (Å²) in [6.07, 6.45) is 3.70. The number of nitro benzene ring substituents is 1. The van der Waals surface area contributed by atoms with E-state index in [4.69, 9.17) is 0 Å². The van der Waals surface area contributed by atoms with Gasteiger partial charge in [-0.15, -0.1) is 0 Å². The molecule has 0 saturated heterocycles. The molecule has 0 aromatic heterocycles. The maximum absolute atomic E-state index is 11.1. The van der Waals surface area contributed by atoms with Gasteiger partial charge in [-0.05, 0) is 43.7 Å². The highest BCUT2D eigenvalue weighted by Crippen LogP contribution is 2.37. The highest BCUT2D eigenvalue weighted by Gasteiger charge is 2.35. The SMILES string of the molecule is CC1CCC(CO)(Nc2cc(Br)ccc2[N+](=O)[O-])CC1. The molecular weight excluding hydrogens is 324 g/mol. The van der Waals surface area contributed by atoms with Crippen LogP contribution in [0.2, 0.25) is 0 Å². The third kappa shape index (κ3) is 3.30. The topological polar surface area (TPSA) is 75.4 Å². The van der Waals surface area contributed by atoms with Gasteiger partial charge in [-0.1, -0.05) is 22.9 Å². The number of nitrogens with one attached hydrogen (secondary N) is 1. The van der Waals surface area contributed by atoms with Gasteiger partial charge < -0.3 is 10.4 Å². The van der Waals surface area contributed by atoms with E-state index in [2.05, 4.69) is 28.2 Å². The first kappa shape index (κ1) is 15.3.